The molecule has 3 aromatic rings. The van der Waals surface area contributed by atoms with E-state index in [1.807, 2.05) is 6.92 Å². The number of aryl methyl sites for hydroxylation is 2. The SMILES string of the molecule is COc1cc(C)c(NC(=O)c2sc(-c3ccc(C(F)(F)F)cc3)nc2C)cc1OC. The summed E-state index contributed by atoms with van der Waals surface area (Å²) in [5.41, 5.74) is 1.61. The lowest BCUT2D eigenvalue weighted by Gasteiger charge is -2.13. The predicted octanol–water partition coefficient (Wildman–Crippen LogP) is 5.72. The average Bonchev–Trinajstić information content (AvgIpc) is 3.10. The standard InChI is InChI=1S/C21H19F3N2O3S/c1-11-9-16(28-3)17(29-4)10-15(11)26-19(27)18-12(2)25-20(30-18)13-5-7-14(8-6-13)21(22,23)24/h5-10H,1-4H3,(H,26,27). The number of benzene rings is 2. The molecular weight excluding hydrogens is 417 g/mol. The molecule has 0 aliphatic rings. The lowest BCUT2D eigenvalue weighted by atomic mass is 10.1. The maximum absolute atomic E-state index is 12.8. The molecule has 0 atom stereocenters. The summed E-state index contributed by atoms with van der Waals surface area (Å²) in [4.78, 5) is 17.5. The number of alkyl halides is 3. The van der Waals surface area contributed by atoms with E-state index < -0.39 is 11.7 Å². The van der Waals surface area contributed by atoms with Crippen LogP contribution in [0.25, 0.3) is 10.6 Å². The summed E-state index contributed by atoms with van der Waals surface area (Å²) < 4.78 is 48.8. The molecule has 0 saturated carbocycles. The molecule has 2 aromatic carbocycles. The molecule has 0 fully saturated rings. The van der Waals surface area contributed by atoms with E-state index >= 15 is 0 Å². The second-order valence-corrected chi connectivity index (χ2v) is 7.48. The molecule has 0 aliphatic carbocycles. The van der Waals surface area contributed by atoms with Crippen LogP contribution in [-0.2, 0) is 6.18 Å². The quantitative estimate of drug-likeness (QED) is 0.556. The predicted molar refractivity (Wildman–Crippen MR) is 110 cm³/mol. The zero-order valence-electron chi connectivity index (χ0n) is 16.7. The monoisotopic (exact) mass is 436 g/mol. The van der Waals surface area contributed by atoms with Crippen molar-refractivity contribution in [2.75, 3.05) is 19.5 Å². The Hall–Kier alpha value is -3.07. The van der Waals surface area contributed by atoms with E-state index in [4.69, 9.17) is 9.47 Å². The van der Waals surface area contributed by atoms with Crippen molar-refractivity contribution in [2.45, 2.75) is 20.0 Å². The lowest BCUT2D eigenvalue weighted by molar-refractivity contribution is -0.137. The van der Waals surface area contributed by atoms with Crippen LogP contribution >= 0.6 is 11.3 Å². The molecule has 0 bridgehead atoms. The van der Waals surface area contributed by atoms with Gasteiger partial charge < -0.3 is 14.8 Å². The highest BCUT2D eigenvalue weighted by Crippen LogP contribution is 2.35. The Morgan fingerprint density at radius 1 is 1.03 bits per heavy atom. The Morgan fingerprint density at radius 2 is 1.63 bits per heavy atom. The van der Waals surface area contributed by atoms with Crippen LogP contribution in [0.2, 0.25) is 0 Å². The molecule has 0 aliphatic heterocycles. The number of thiazole rings is 1. The van der Waals surface area contributed by atoms with Crippen molar-refractivity contribution in [3.63, 3.8) is 0 Å². The van der Waals surface area contributed by atoms with E-state index in [1.165, 1.54) is 26.4 Å². The number of hydrogen-bond donors (Lipinski definition) is 1. The maximum Gasteiger partial charge on any atom is 0.416 e. The Bertz CT molecular complexity index is 1080. The molecule has 1 amide bonds. The van der Waals surface area contributed by atoms with E-state index in [1.54, 1.807) is 19.1 Å². The van der Waals surface area contributed by atoms with Crippen LogP contribution in [0.15, 0.2) is 36.4 Å². The van der Waals surface area contributed by atoms with E-state index in [2.05, 4.69) is 10.3 Å². The van der Waals surface area contributed by atoms with Gasteiger partial charge in [-0.2, -0.15) is 13.2 Å². The summed E-state index contributed by atoms with van der Waals surface area (Å²) >= 11 is 1.12. The second kappa shape index (κ2) is 8.35. The third-order valence-corrected chi connectivity index (χ3v) is 5.65. The molecule has 1 aromatic heterocycles. The normalized spacial score (nSPS) is 11.3. The van der Waals surface area contributed by atoms with Crippen LogP contribution in [0.5, 0.6) is 11.5 Å². The minimum absolute atomic E-state index is 0.363. The number of hydrogen-bond acceptors (Lipinski definition) is 5. The van der Waals surface area contributed by atoms with Crippen molar-refractivity contribution in [3.8, 4) is 22.1 Å². The maximum atomic E-state index is 12.8. The van der Waals surface area contributed by atoms with Crippen molar-refractivity contribution >= 4 is 22.9 Å². The molecule has 9 heteroatoms. The Kier molecular flexibility index (Phi) is 6.02. The van der Waals surface area contributed by atoms with E-state index in [9.17, 15) is 18.0 Å². The Balaban J connectivity index is 1.86. The van der Waals surface area contributed by atoms with Gasteiger partial charge in [0, 0.05) is 17.3 Å². The zero-order chi connectivity index (χ0) is 22.1. The van der Waals surface area contributed by atoms with Crippen LogP contribution in [0.4, 0.5) is 18.9 Å². The molecule has 0 radical (unpaired) electrons. The molecule has 158 valence electrons. The van der Waals surface area contributed by atoms with Gasteiger partial charge in [0.1, 0.15) is 9.88 Å². The fraction of sp³-hybridized carbons (Fsp3) is 0.238. The lowest BCUT2D eigenvalue weighted by Crippen LogP contribution is -2.12. The molecule has 1 N–H and O–H groups in total. The number of methoxy groups -OCH3 is 2. The topological polar surface area (TPSA) is 60.5 Å². The van der Waals surface area contributed by atoms with Crippen LogP contribution in [0.3, 0.4) is 0 Å². The molecule has 30 heavy (non-hydrogen) atoms. The van der Waals surface area contributed by atoms with Gasteiger partial charge in [-0.1, -0.05) is 12.1 Å². The van der Waals surface area contributed by atoms with Crippen molar-refractivity contribution in [1.29, 1.82) is 0 Å². The minimum atomic E-state index is -4.40. The molecule has 3 rings (SSSR count). The Labute approximate surface area is 175 Å². The number of aromatic nitrogens is 1. The van der Waals surface area contributed by atoms with Crippen LogP contribution in [0, 0.1) is 13.8 Å². The number of carbonyl (C=O) groups excluding carboxylic acids is 1. The molecule has 5 nitrogen and oxygen atoms in total. The summed E-state index contributed by atoms with van der Waals surface area (Å²) in [7, 11) is 3.03. The number of anilines is 1. The van der Waals surface area contributed by atoms with Crippen molar-refractivity contribution in [2.24, 2.45) is 0 Å². The number of carbonyl (C=O) groups is 1. The molecule has 1 heterocycles. The highest BCUT2D eigenvalue weighted by atomic mass is 32.1. The summed E-state index contributed by atoms with van der Waals surface area (Å²) in [5.74, 6) is 0.662. The van der Waals surface area contributed by atoms with Crippen LogP contribution in [-0.4, -0.2) is 25.1 Å². The third-order valence-electron chi connectivity index (χ3n) is 4.44. The fourth-order valence-electron chi connectivity index (χ4n) is 2.83. The summed E-state index contributed by atoms with van der Waals surface area (Å²) in [6, 6.07) is 8.11. The largest absolute Gasteiger partial charge is 0.493 e. The van der Waals surface area contributed by atoms with E-state index in [0.29, 0.717) is 38.3 Å². The second-order valence-electron chi connectivity index (χ2n) is 6.48. The average molecular weight is 436 g/mol. The molecule has 0 unspecified atom stereocenters. The van der Waals surface area contributed by atoms with Gasteiger partial charge in [0.25, 0.3) is 5.91 Å². The summed E-state index contributed by atoms with van der Waals surface area (Å²) in [5, 5.41) is 3.30. The minimum Gasteiger partial charge on any atom is -0.493 e. The number of nitrogens with one attached hydrogen (secondary N) is 1. The van der Waals surface area contributed by atoms with Crippen molar-refractivity contribution < 1.29 is 27.4 Å². The number of amides is 1. The molecule has 0 saturated heterocycles. The summed E-state index contributed by atoms with van der Waals surface area (Å²) in [6.45, 7) is 3.51. The fourth-order valence-corrected chi connectivity index (χ4v) is 3.79. The first-order valence-corrected chi connectivity index (χ1v) is 9.64. The van der Waals surface area contributed by atoms with Crippen molar-refractivity contribution in [3.05, 3.63) is 58.1 Å². The number of ether oxygens (including phenoxy) is 2. The Morgan fingerprint density at radius 3 is 2.20 bits per heavy atom. The first-order chi connectivity index (χ1) is 14.1. The van der Waals surface area contributed by atoms with Gasteiger partial charge in [-0.15, -0.1) is 11.3 Å². The van der Waals surface area contributed by atoms with Gasteiger partial charge in [-0.05, 0) is 37.6 Å². The van der Waals surface area contributed by atoms with E-state index in [0.717, 1.165) is 29.0 Å². The molecule has 0 spiro atoms. The first kappa shape index (κ1) is 21.6. The molecular formula is C21H19F3N2O3S. The van der Waals surface area contributed by atoms with Gasteiger partial charge in [-0.25, -0.2) is 4.98 Å². The van der Waals surface area contributed by atoms with Crippen LogP contribution in [0.1, 0.15) is 26.5 Å². The van der Waals surface area contributed by atoms with E-state index in [-0.39, 0.29) is 5.91 Å². The highest BCUT2D eigenvalue weighted by Gasteiger charge is 2.30. The van der Waals surface area contributed by atoms with Gasteiger partial charge in [0.15, 0.2) is 11.5 Å². The first-order valence-electron chi connectivity index (χ1n) is 8.83. The van der Waals surface area contributed by atoms with Gasteiger partial charge in [0.2, 0.25) is 0 Å². The van der Waals surface area contributed by atoms with Gasteiger partial charge in [0.05, 0.1) is 25.5 Å². The zero-order valence-corrected chi connectivity index (χ0v) is 17.5. The number of halogens is 3. The van der Waals surface area contributed by atoms with Crippen LogP contribution < -0.4 is 14.8 Å². The summed E-state index contributed by atoms with van der Waals surface area (Å²) in [6.07, 6.45) is -4.40. The number of nitrogens with zero attached hydrogens (tertiary/aromatic N) is 1. The number of rotatable bonds is 5. The van der Waals surface area contributed by atoms with Crippen molar-refractivity contribution in [1.82, 2.24) is 4.98 Å². The highest BCUT2D eigenvalue weighted by molar-refractivity contribution is 7.17. The van der Waals surface area contributed by atoms with Gasteiger partial charge in [-0.3, -0.25) is 4.79 Å². The van der Waals surface area contributed by atoms with Gasteiger partial charge >= 0.3 is 6.18 Å². The smallest absolute Gasteiger partial charge is 0.416 e. The third kappa shape index (κ3) is 4.40.